The van der Waals surface area contributed by atoms with Crippen molar-refractivity contribution in [1.82, 2.24) is 0 Å². The second kappa shape index (κ2) is 7.18. The average Bonchev–Trinajstić information content (AvgIpc) is 2.73. The van der Waals surface area contributed by atoms with Crippen molar-refractivity contribution in [1.29, 1.82) is 5.26 Å². The van der Waals surface area contributed by atoms with Gasteiger partial charge >= 0.3 is 5.97 Å². The Hall–Kier alpha value is -3.32. The first-order valence-electron chi connectivity index (χ1n) is 10.3. The number of nitriles is 1. The summed E-state index contributed by atoms with van der Waals surface area (Å²) in [4.78, 5) is 13.6. The highest BCUT2D eigenvalue weighted by Gasteiger charge is 2.45. The van der Waals surface area contributed by atoms with E-state index in [1.54, 1.807) is 12.1 Å². The zero-order valence-electron chi connectivity index (χ0n) is 17.6. The van der Waals surface area contributed by atoms with Crippen LogP contribution < -0.4 is 4.90 Å². The van der Waals surface area contributed by atoms with Crippen LogP contribution in [0.3, 0.4) is 0 Å². The Morgan fingerprint density at radius 2 is 1.70 bits per heavy atom. The van der Waals surface area contributed by atoms with Crippen molar-refractivity contribution in [3.8, 4) is 6.07 Å². The minimum atomic E-state index is -0.899. The fourth-order valence-electron chi connectivity index (χ4n) is 5.15. The molecular weight excluding hydrogens is 372 g/mol. The molecule has 2 aromatic carbocycles. The van der Waals surface area contributed by atoms with Gasteiger partial charge in [0.2, 0.25) is 0 Å². The maximum Gasteiger partial charge on any atom is 0.335 e. The summed E-state index contributed by atoms with van der Waals surface area (Å²) in [7, 11) is 0. The largest absolute Gasteiger partial charge is 0.478 e. The van der Waals surface area contributed by atoms with Gasteiger partial charge in [-0.2, -0.15) is 5.26 Å². The summed E-state index contributed by atoms with van der Waals surface area (Å²) in [5, 5.41) is 18.2. The highest BCUT2D eigenvalue weighted by molar-refractivity contribution is 5.88. The molecule has 0 fully saturated rings. The molecule has 4 rings (SSSR count). The quantitative estimate of drug-likeness (QED) is 0.691. The SMILES string of the molecule is CC12CC=C(c3ccc(C(=O)O)cc3)C(C)(C)C1=CCN(c1ccc(C#N)cc1)C2. The van der Waals surface area contributed by atoms with Gasteiger partial charge in [-0.1, -0.05) is 50.6 Å². The zero-order chi connectivity index (χ0) is 21.5. The lowest BCUT2D eigenvalue weighted by molar-refractivity contribution is 0.0697. The number of hydrogen-bond acceptors (Lipinski definition) is 3. The van der Waals surface area contributed by atoms with E-state index in [-0.39, 0.29) is 10.8 Å². The molecule has 1 unspecified atom stereocenters. The van der Waals surface area contributed by atoms with Crippen LogP contribution >= 0.6 is 0 Å². The van der Waals surface area contributed by atoms with Crippen molar-refractivity contribution in [2.45, 2.75) is 27.2 Å². The molecule has 2 aliphatic rings. The number of anilines is 1. The van der Waals surface area contributed by atoms with Gasteiger partial charge in [-0.15, -0.1) is 0 Å². The van der Waals surface area contributed by atoms with Gasteiger partial charge in [0.15, 0.2) is 0 Å². The first-order chi connectivity index (χ1) is 14.2. The van der Waals surface area contributed by atoms with Crippen LogP contribution in [0.4, 0.5) is 5.69 Å². The third kappa shape index (κ3) is 3.31. The lowest BCUT2D eigenvalue weighted by Crippen LogP contribution is -2.46. The van der Waals surface area contributed by atoms with E-state index < -0.39 is 5.97 Å². The monoisotopic (exact) mass is 398 g/mol. The fourth-order valence-corrected chi connectivity index (χ4v) is 5.15. The van der Waals surface area contributed by atoms with Crippen LogP contribution in [0.15, 0.2) is 66.3 Å². The summed E-state index contributed by atoms with van der Waals surface area (Å²) < 4.78 is 0. The summed E-state index contributed by atoms with van der Waals surface area (Å²) in [6.07, 6.45) is 5.63. The van der Waals surface area contributed by atoms with Crippen LogP contribution in [-0.2, 0) is 0 Å². The Bertz CT molecular complexity index is 1090. The van der Waals surface area contributed by atoms with Crippen LogP contribution in [-0.4, -0.2) is 24.2 Å². The molecule has 1 atom stereocenters. The molecule has 152 valence electrons. The van der Waals surface area contributed by atoms with E-state index >= 15 is 0 Å². The molecule has 30 heavy (non-hydrogen) atoms. The van der Waals surface area contributed by atoms with E-state index in [0.717, 1.165) is 30.8 Å². The number of allylic oxidation sites excluding steroid dienone is 2. The van der Waals surface area contributed by atoms with E-state index in [1.807, 2.05) is 36.4 Å². The normalized spacial score (nSPS) is 22.4. The second-order valence-electron chi connectivity index (χ2n) is 9.05. The molecule has 1 N–H and O–H groups in total. The molecule has 1 heterocycles. The summed E-state index contributed by atoms with van der Waals surface area (Å²) in [6, 6.07) is 17.2. The van der Waals surface area contributed by atoms with Crippen molar-refractivity contribution in [3.05, 3.63) is 82.9 Å². The van der Waals surface area contributed by atoms with E-state index in [2.05, 4.69) is 43.9 Å². The Morgan fingerprint density at radius 1 is 1.03 bits per heavy atom. The number of nitrogens with zero attached hydrogens (tertiary/aromatic N) is 2. The minimum absolute atomic E-state index is 0.0279. The van der Waals surface area contributed by atoms with E-state index in [9.17, 15) is 9.90 Å². The van der Waals surface area contributed by atoms with Crippen LogP contribution in [0.2, 0.25) is 0 Å². The van der Waals surface area contributed by atoms with Crippen molar-refractivity contribution >= 4 is 17.2 Å². The average molecular weight is 399 g/mol. The van der Waals surface area contributed by atoms with Crippen LogP contribution in [0.1, 0.15) is 48.7 Å². The summed E-state index contributed by atoms with van der Waals surface area (Å²) in [5.41, 5.74) is 5.82. The zero-order valence-corrected chi connectivity index (χ0v) is 17.6. The van der Waals surface area contributed by atoms with Crippen molar-refractivity contribution < 1.29 is 9.90 Å². The van der Waals surface area contributed by atoms with E-state index in [0.29, 0.717) is 11.1 Å². The molecule has 0 saturated heterocycles. The van der Waals surface area contributed by atoms with Gasteiger partial charge in [0, 0.05) is 29.6 Å². The topological polar surface area (TPSA) is 64.3 Å². The molecule has 0 bridgehead atoms. The lowest BCUT2D eigenvalue weighted by Gasteiger charge is -2.51. The molecule has 0 aromatic heterocycles. The van der Waals surface area contributed by atoms with Gasteiger partial charge in [0.25, 0.3) is 0 Å². The smallest absolute Gasteiger partial charge is 0.335 e. The Balaban J connectivity index is 1.64. The number of hydrogen-bond donors (Lipinski definition) is 1. The number of carboxylic acid groups (broad SMARTS) is 1. The fraction of sp³-hybridized carbons (Fsp3) is 0.308. The maximum absolute atomic E-state index is 11.2. The first kappa shape index (κ1) is 20.0. The molecule has 0 radical (unpaired) electrons. The number of fused-ring (bicyclic) bond motifs is 1. The highest BCUT2D eigenvalue weighted by atomic mass is 16.4. The molecule has 1 aliphatic carbocycles. The van der Waals surface area contributed by atoms with Gasteiger partial charge < -0.3 is 10.0 Å². The number of benzene rings is 2. The van der Waals surface area contributed by atoms with Crippen LogP contribution in [0, 0.1) is 22.2 Å². The molecule has 0 saturated carbocycles. The van der Waals surface area contributed by atoms with Gasteiger partial charge in [-0.3, -0.25) is 0 Å². The first-order valence-corrected chi connectivity index (χ1v) is 10.3. The molecule has 4 heteroatoms. The van der Waals surface area contributed by atoms with E-state index in [1.165, 1.54) is 11.1 Å². The third-order valence-corrected chi connectivity index (χ3v) is 6.61. The molecule has 1 aliphatic heterocycles. The predicted octanol–water partition coefficient (Wildman–Crippen LogP) is 5.52. The predicted molar refractivity (Wildman–Crippen MR) is 119 cm³/mol. The van der Waals surface area contributed by atoms with Crippen LogP contribution in [0.25, 0.3) is 5.57 Å². The lowest BCUT2D eigenvalue weighted by atomic mass is 9.58. The van der Waals surface area contributed by atoms with Crippen LogP contribution in [0.5, 0.6) is 0 Å². The van der Waals surface area contributed by atoms with Gasteiger partial charge in [0.1, 0.15) is 0 Å². The standard InChI is InChI=1S/C26H26N2O2/c1-25(2)22(19-6-8-20(9-7-19)24(29)30)12-14-26(3)17-28(15-13-23(25)26)21-10-4-18(16-27)5-11-21/h4-13H,14-15,17H2,1-3H3,(H,29,30). The Morgan fingerprint density at radius 3 is 2.30 bits per heavy atom. The van der Waals surface area contributed by atoms with Crippen molar-refractivity contribution in [2.24, 2.45) is 10.8 Å². The van der Waals surface area contributed by atoms with Crippen molar-refractivity contribution in [2.75, 3.05) is 18.0 Å². The summed E-state index contributed by atoms with van der Waals surface area (Å²) in [6.45, 7) is 8.63. The van der Waals surface area contributed by atoms with Gasteiger partial charge in [0.05, 0.1) is 17.2 Å². The Kier molecular flexibility index (Phi) is 4.78. The molecule has 4 nitrogen and oxygen atoms in total. The highest BCUT2D eigenvalue weighted by Crippen LogP contribution is 2.55. The molecule has 2 aromatic rings. The van der Waals surface area contributed by atoms with Gasteiger partial charge in [-0.05, 0) is 54.0 Å². The summed E-state index contributed by atoms with van der Waals surface area (Å²) >= 11 is 0. The van der Waals surface area contributed by atoms with Crippen molar-refractivity contribution in [3.63, 3.8) is 0 Å². The number of aromatic carboxylic acids is 1. The minimum Gasteiger partial charge on any atom is -0.478 e. The molecule has 0 spiro atoms. The third-order valence-electron chi connectivity index (χ3n) is 6.61. The number of rotatable bonds is 3. The maximum atomic E-state index is 11.2. The van der Waals surface area contributed by atoms with E-state index in [4.69, 9.17) is 5.26 Å². The molecular formula is C26H26N2O2. The number of carboxylic acids is 1. The van der Waals surface area contributed by atoms with Gasteiger partial charge in [-0.25, -0.2) is 4.79 Å². The molecule has 0 amide bonds. The summed E-state index contributed by atoms with van der Waals surface area (Å²) in [5.74, 6) is -0.899. The number of carbonyl (C=O) groups is 1. The second-order valence-corrected chi connectivity index (χ2v) is 9.05. The Labute approximate surface area is 177 Å².